The summed E-state index contributed by atoms with van der Waals surface area (Å²) in [5.74, 6) is -0.591. The maximum Gasteiger partial charge on any atom is 0.338 e. The molecule has 1 aromatic rings. The van der Waals surface area contributed by atoms with Gasteiger partial charge in [0.2, 0.25) is 0 Å². The molecule has 0 atom stereocenters. The molecule has 0 amide bonds. The molecule has 0 aliphatic heterocycles. The molecule has 1 rings (SSSR count). The van der Waals surface area contributed by atoms with E-state index in [1.807, 2.05) is 0 Å². The topological polar surface area (TPSA) is 94.1 Å². The maximum atomic E-state index is 11.4. The quantitative estimate of drug-likeness (QED) is 0.374. The molecule has 0 heterocycles. The zero-order valence-corrected chi connectivity index (χ0v) is 10.7. The van der Waals surface area contributed by atoms with Crippen molar-refractivity contribution in [2.45, 2.75) is 0 Å². The summed E-state index contributed by atoms with van der Waals surface area (Å²) < 4.78 is 9.52. The van der Waals surface area contributed by atoms with Crippen LogP contribution in [0.5, 0.6) is 11.5 Å². The van der Waals surface area contributed by atoms with E-state index < -0.39 is 5.97 Å². The van der Waals surface area contributed by atoms with Crippen molar-refractivity contribution in [2.24, 2.45) is 10.7 Å². The van der Waals surface area contributed by atoms with Crippen LogP contribution in [0.3, 0.4) is 0 Å². The van der Waals surface area contributed by atoms with E-state index in [-0.39, 0.29) is 34.5 Å². The summed E-state index contributed by atoms with van der Waals surface area (Å²) in [5.41, 5.74) is 5.75. The Labute approximate surface area is 109 Å². The largest absolute Gasteiger partial charge is 0.503 e. The number of ether oxygens (including phenoxy) is 2. The Morgan fingerprint density at radius 1 is 1.50 bits per heavy atom. The second-order valence-corrected chi connectivity index (χ2v) is 3.54. The lowest BCUT2D eigenvalue weighted by atomic mass is 10.1. The van der Waals surface area contributed by atoms with Gasteiger partial charge in [-0.05, 0) is 12.1 Å². The highest BCUT2D eigenvalue weighted by molar-refractivity contribution is 6.28. The Bertz CT molecular complexity index is 488. The molecule has 3 N–H and O–H groups in total. The van der Waals surface area contributed by atoms with Crippen LogP contribution >= 0.6 is 11.6 Å². The number of rotatable bonds is 4. The standard InChI is InChI=1S/C11H13ClN2O4/c1-17-8-4-6(11(16)18-2)3-7(10(8)15)14-9(13)5-12/h3-4,15H,5H2,1-2H3,(H2,13,14). The van der Waals surface area contributed by atoms with Crippen LogP contribution in [0.2, 0.25) is 0 Å². The average Bonchev–Trinajstić information content (AvgIpc) is 2.39. The number of alkyl halides is 1. The fourth-order valence-corrected chi connectivity index (χ4v) is 1.31. The first-order valence-corrected chi connectivity index (χ1v) is 5.45. The first kappa shape index (κ1) is 14.1. The van der Waals surface area contributed by atoms with Crippen LogP contribution in [0.25, 0.3) is 0 Å². The number of nitrogens with zero attached hydrogens (tertiary/aromatic N) is 1. The number of hydrogen-bond acceptors (Lipinski definition) is 5. The van der Waals surface area contributed by atoms with Crippen LogP contribution in [0, 0.1) is 0 Å². The zero-order chi connectivity index (χ0) is 13.7. The molecule has 0 radical (unpaired) electrons. The Balaban J connectivity index is 3.36. The van der Waals surface area contributed by atoms with Gasteiger partial charge >= 0.3 is 5.97 Å². The summed E-state index contributed by atoms with van der Waals surface area (Å²) in [4.78, 5) is 15.3. The van der Waals surface area contributed by atoms with Crippen molar-refractivity contribution < 1.29 is 19.4 Å². The van der Waals surface area contributed by atoms with Crippen molar-refractivity contribution in [3.05, 3.63) is 17.7 Å². The highest BCUT2D eigenvalue weighted by atomic mass is 35.5. The van der Waals surface area contributed by atoms with E-state index in [1.165, 1.54) is 26.4 Å². The van der Waals surface area contributed by atoms with Crippen molar-refractivity contribution in [2.75, 3.05) is 20.1 Å². The number of phenols is 1. The van der Waals surface area contributed by atoms with Gasteiger partial charge in [-0.1, -0.05) is 0 Å². The number of phenolic OH excluding ortho intramolecular Hbond substituents is 1. The molecule has 7 heteroatoms. The Kier molecular flexibility index (Phi) is 4.79. The second-order valence-electron chi connectivity index (χ2n) is 3.27. The van der Waals surface area contributed by atoms with Crippen LogP contribution in [-0.2, 0) is 4.74 Å². The van der Waals surface area contributed by atoms with E-state index in [0.717, 1.165) is 0 Å². The summed E-state index contributed by atoms with van der Waals surface area (Å²) in [5, 5.41) is 9.83. The lowest BCUT2D eigenvalue weighted by Crippen LogP contribution is -2.12. The third-order valence-electron chi connectivity index (χ3n) is 2.10. The van der Waals surface area contributed by atoms with E-state index in [9.17, 15) is 9.90 Å². The van der Waals surface area contributed by atoms with Gasteiger partial charge < -0.3 is 20.3 Å². The van der Waals surface area contributed by atoms with Crippen molar-refractivity contribution in [1.82, 2.24) is 0 Å². The molecule has 0 aromatic heterocycles. The first-order chi connectivity index (χ1) is 8.53. The first-order valence-electron chi connectivity index (χ1n) is 4.91. The summed E-state index contributed by atoms with van der Waals surface area (Å²) in [6.07, 6.45) is 0. The molecule has 6 nitrogen and oxygen atoms in total. The third kappa shape index (κ3) is 3.04. The molecule has 1 aromatic carbocycles. The molecule has 98 valence electrons. The smallest absolute Gasteiger partial charge is 0.338 e. The van der Waals surface area contributed by atoms with Gasteiger partial charge in [0, 0.05) is 0 Å². The fraction of sp³-hybridized carbons (Fsp3) is 0.273. The highest BCUT2D eigenvalue weighted by Crippen LogP contribution is 2.37. The normalized spacial score (nSPS) is 11.2. The summed E-state index contributed by atoms with van der Waals surface area (Å²) in [6.45, 7) is 0. The van der Waals surface area contributed by atoms with Gasteiger partial charge in [0.15, 0.2) is 11.5 Å². The Morgan fingerprint density at radius 3 is 2.67 bits per heavy atom. The van der Waals surface area contributed by atoms with E-state index in [0.29, 0.717) is 0 Å². The number of aliphatic imine (C=N–C) groups is 1. The number of carbonyl (C=O) groups is 1. The van der Waals surface area contributed by atoms with Gasteiger partial charge in [0.25, 0.3) is 0 Å². The lowest BCUT2D eigenvalue weighted by molar-refractivity contribution is 0.0600. The number of carbonyl (C=O) groups excluding carboxylic acids is 1. The molecule has 0 bridgehead atoms. The van der Waals surface area contributed by atoms with Crippen molar-refractivity contribution in [3.63, 3.8) is 0 Å². The molecule has 0 aliphatic carbocycles. The van der Waals surface area contributed by atoms with Crippen molar-refractivity contribution in [1.29, 1.82) is 0 Å². The predicted octanol–water partition coefficient (Wildman–Crippen LogP) is 1.41. The molecular weight excluding hydrogens is 260 g/mol. The van der Waals surface area contributed by atoms with Crippen LogP contribution in [0.1, 0.15) is 10.4 Å². The van der Waals surface area contributed by atoms with Gasteiger partial charge in [-0.15, -0.1) is 11.6 Å². The minimum absolute atomic E-state index is 0.00417. The average molecular weight is 273 g/mol. The van der Waals surface area contributed by atoms with E-state index in [1.54, 1.807) is 0 Å². The number of methoxy groups -OCH3 is 2. The molecule has 0 saturated heterocycles. The molecule has 0 spiro atoms. The summed E-state index contributed by atoms with van der Waals surface area (Å²) in [6, 6.07) is 2.68. The Morgan fingerprint density at radius 2 is 2.17 bits per heavy atom. The molecular formula is C11H13ClN2O4. The SMILES string of the molecule is COC(=O)c1cc(N=C(N)CCl)c(O)c(OC)c1. The van der Waals surface area contributed by atoms with Crippen LogP contribution in [0.15, 0.2) is 17.1 Å². The predicted molar refractivity (Wildman–Crippen MR) is 68.0 cm³/mol. The lowest BCUT2D eigenvalue weighted by Gasteiger charge is -2.09. The summed E-state index contributed by atoms with van der Waals surface area (Å²) in [7, 11) is 2.60. The number of hydrogen-bond donors (Lipinski definition) is 2. The van der Waals surface area contributed by atoms with Gasteiger partial charge in [0.1, 0.15) is 11.5 Å². The number of halogens is 1. The molecule has 0 aliphatic rings. The maximum absolute atomic E-state index is 11.4. The minimum atomic E-state index is -0.575. The van der Waals surface area contributed by atoms with E-state index >= 15 is 0 Å². The summed E-state index contributed by atoms with van der Waals surface area (Å²) >= 11 is 5.50. The van der Waals surface area contributed by atoms with Crippen molar-refractivity contribution >= 4 is 29.1 Å². The minimum Gasteiger partial charge on any atom is -0.503 e. The zero-order valence-electron chi connectivity index (χ0n) is 9.94. The molecule has 0 fully saturated rings. The number of aromatic hydroxyl groups is 1. The molecule has 0 unspecified atom stereocenters. The Hall–Kier alpha value is -1.95. The third-order valence-corrected chi connectivity index (χ3v) is 2.37. The van der Waals surface area contributed by atoms with Gasteiger partial charge in [-0.3, -0.25) is 0 Å². The fourth-order valence-electron chi connectivity index (χ4n) is 1.25. The number of benzene rings is 1. The van der Waals surface area contributed by atoms with Gasteiger partial charge in [0.05, 0.1) is 25.7 Å². The second kappa shape index (κ2) is 6.11. The van der Waals surface area contributed by atoms with Crippen LogP contribution in [-0.4, -0.2) is 37.0 Å². The molecule has 0 saturated carbocycles. The van der Waals surface area contributed by atoms with E-state index in [4.69, 9.17) is 22.1 Å². The van der Waals surface area contributed by atoms with Crippen molar-refractivity contribution in [3.8, 4) is 11.5 Å². The van der Waals surface area contributed by atoms with Crippen LogP contribution < -0.4 is 10.5 Å². The van der Waals surface area contributed by atoms with Crippen LogP contribution in [0.4, 0.5) is 5.69 Å². The highest BCUT2D eigenvalue weighted by Gasteiger charge is 2.15. The monoisotopic (exact) mass is 272 g/mol. The molecule has 18 heavy (non-hydrogen) atoms. The van der Waals surface area contributed by atoms with Gasteiger partial charge in [-0.25, -0.2) is 9.79 Å². The number of nitrogens with two attached hydrogens (primary N) is 1. The van der Waals surface area contributed by atoms with E-state index in [2.05, 4.69) is 9.73 Å². The number of esters is 1. The number of amidine groups is 1. The van der Waals surface area contributed by atoms with Gasteiger partial charge in [-0.2, -0.15) is 0 Å².